The molecular formula is C31H52O3. The number of esters is 1. The molecule has 0 aromatic carbocycles. The van der Waals surface area contributed by atoms with Gasteiger partial charge < -0.3 is 4.74 Å². The van der Waals surface area contributed by atoms with Gasteiger partial charge in [0.25, 0.3) is 0 Å². The molecule has 0 heterocycles. The number of rotatable bonds is 7. The lowest BCUT2D eigenvalue weighted by atomic mass is 9.44. The molecule has 4 aliphatic rings. The summed E-state index contributed by atoms with van der Waals surface area (Å²) < 4.78 is 5.57. The van der Waals surface area contributed by atoms with Gasteiger partial charge in [-0.25, -0.2) is 0 Å². The van der Waals surface area contributed by atoms with E-state index in [0.717, 1.165) is 55.3 Å². The lowest BCUT2D eigenvalue weighted by molar-refractivity contribution is -0.169. The van der Waals surface area contributed by atoms with Gasteiger partial charge in [0.15, 0.2) is 0 Å². The van der Waals surface area contributed by atoms with Gasteiger partial charge in [0.05, 0.1) is 0 Å². The fourth-order valence-electron chi connectivity index (χ4n) is 10.0. The van der Waals surface area contributed by atoms with Gasteiger partial charge in [-0.2, -0.15) is 0 Å². The number of hydrogen-bond acceptors (Lipinski definition) is 3. The first-order valence-electron chi connectivity index (χ1n) is 14.7. The third-order valence-electron chi connectivity index (χ3n) is 12.0. The van der Waals surface area contributed by atoms with Gasteiger partial charge in [0, 0.05) is 19.3 Å². The third kappa shape index (κ3) is 4.52. The second-order valence-corrected chi connectivity index (χ2v) is 13.8. The fourth-order valence-corrected chi connectivity index (χ4v) is 10.0. The highest BCUT2D eigenvalue weighted by atomic mass is 16.5. The number of fused-ring (bicyclic) bond motifs is 5. The van der Waals surface area contributed by atoms with Crippen LogP contribution >= 0.6 is 0 Å². The summed E-state index contributed by atoms with van der Waals surface area (Å²) in [6.07, 6.45) is 12.8. The Bertz CT molecular complexity index is 758. The smallest absolute Gasteiger partial charge is 0.302 e. The number of hydrogen-bond donors (Lipinski definition) is 0. The van der Waals surface area contributed by atoms with Crippen LogP contribution in [0.1, 0.15) is 119 Å². The van der Waals surface area contributed by atoms with Crippen molar-refractivity contribution >= 4 is 11.8 Å². The molecule has 4 aliphatic carbocycles. The number of ether oxygens (including phenoxy) is 1. The molecular weight excluding hydrogens is 420 g/mol. The summed E-state index contributed by atoms with van der Waals surface area (Å²) in [7, 11) is 0. The molecule has 10 atom stereocenters. The Hall–Kier alpha value is -0.860. The number of Topliss-reactive ketones (excluding diaryl/α,β-unsaturated/α-hetero) is 1. The maximum absolute atomic E-state index is 13.6. The average molecular weight is 473 g/mol. The van der Waals surface area contributed by atoms with Crippen molar-refractivity contribution < 1.29 is 14.3 Å². The predicted octanol–water partition coefficient (Wildman–Crippen LogP) is 7.85. The van der Waals surface area contributed by atoms with Crippen LogP contribution in [0.2, 0.25) is 0 Å². The molecule has 0 aliphatic heterocycles. The number of carbonyl (C=O) groups excluding carboxylic acids is 2. The van der Waals surface area contributed by atoms with Gasteiger partial charge >= 0.3 is 5.97 Å². The first-order valence-corrected chi connectivity index (χ1v) is 14.7. The van der Waals surface area contributed by atoms with E-state index < -0.39 is 0 Å². The molecule has 0 saturated heterocycles. The first-order chi connectivity index (χ1) is 16.0. The molecule has 4 saturated carbocycles. The molecule has 0 radical (unpaired) electrons. The van der Waals surface area contributed by atoms with Crippen LogP contribution in [-0.2, 0) is 14.3 Å². The van der Waals surface area contributed by atoms with Gasteiger partial charge in [-0.05, 0) is 104 Å². The average Bonchev–Trinajstić information content (AvgIpc) is 3.12. The molecule has 0 aromatic heterocycles. The largest absolute Gasteiger partial charge is 0.463 e. The van der Waals surface area contributed by atoms with Crippen LogP contribution in [0.5, 0.6) is 0 Å². The van der Waals surface area contributed by atoms with Crippen LogP contribution in [0.4, 0.5) is 0 Å². The minimum atomic E-state index is -0.201. The van der Waals surface area contributed by atoms with E-state index in [9.17, 15) is 9.59 Å². The molecule has 0 spiro atoms. The molecule has 4 fully saturated rings. The second kappa shape index (κ2) is 9.89. The third-order valence-corrected chi connectivity index (χ3v) is 12.0. The van der Waals surface area contributed by atoms with E-state index in [1.165, 1.54) is 51.9 Å². The summed E-state index contributed by atoms with van der Waals surface area (Å²) in [5.74, 6) is 5.60. The summed E-state index contributed by atoms with van der Waals surface area (Å²) in [5.41, 5.74) is 0.520. The summed E-state index contributed by atoms with van der Waals surface area (Å²) in [6.45, 7) is 16.2. The molecule has 34 heavy (non-hydrogen) atoms. The van der Waals surface area contributed by atoms with E-state index >= 15 is 0 Å². The minimum Gasteiger partial charge on any atom is -0.463 e. The monoisotopic (exact) mass is 472 g/mol. The molecule has 0 aromatic rings. The normalized spacial score (nSPS) is 43.6. The Morgan fingerprint density at radius 3 is 2.32 bits per heavy atom. The standard InChI is InChI=1S/C31H52O3/c1-8-22(19(2)3)10-9-20(4)25-11-12-26-24-18-29(33)28-17-23(34-21(5)32)13-15-31(28,7)27(24)14-16-30(25,26)6/h19-20,22-28H,8-18H2,1-7H3/t20-,22-,23+,24+,25-,26+,27+,28-,30-,31-/m1/s1. The Kier molecular flexibility index (Phi) is 7.62. The van der Waals surface area contributed by atoms with Crippen LogP contribution in [-0.4, -0.2) is 17.9 Å². The SMILES string of the molecule is CC[C@H](CC[C@@H](C)[C@H]1CC[C@H]2[C@@H]3CC(=O)[C@H]4C[C@@H](OC(C)=O)CC[C@]4(C)[C@H]3CC[C@]12C)C(C)C. The predicted molar refractivity (Wildman–Crippen MR) is 138 cm³/mol. The fraction of sp³-hybridized carbons (Fsp3) is 0.935. The van der Waals surface area contributed by atoms with Crippen molar-refractivity contribution in [2.24, 2.45) is 58.2 Å². The highest BCUT2D eigenvalue weighted by Crippen LogP contribution is 2.68. The van der Waals surface area contributed by atoms with Crippen molar-refractivity contribution in [3.8, 4) is 0 Å². The zero-order chi connectivity index (χ0) is 24.8. The Morgan fingerprint density at radius 2 is 1.68 bits per heavy atom. The van der Waals surface area contributed by atoms with E-state index in [0.29, 0.717) is 23.0 Å². The van der Waals surface area contributed by atoms with Crippen LogP contribution in [0.15, 0.2) is 0 Å². The van der Waals surface area contributed by atoms with Crippen molar-refractivity contribution in [1.29, 1.82) is 0 Å². The molecule has 3 heteroatoms. The highest BCUT2D eigenvalue weighted by Gasteiger charge is 2.62. The maximum atomic E-state index is 13.6. The Morgan fingerprint density at radius 1 is 1.00 bits per heavy atom. The zero-order valence-electron chi connectivity index (χ0n) is 23.2. The first kappa shape index (κ1) is 26.2. The van der Waals surface area contributed by atoms with Gasteiger partial charge in [-0.1, -0.05) is 54.4 Å². The zero-order valence-corrected chi connectivity index (χ0v) is 23.2. The van der Waals surface area contributed by atoms with Crippen LogP contribution in [0, 0.1) is 58.2 Å². The van der Waals surface area contributed by atoms with Crippen molar-refractivity contribution in [1.82, 2.24) is 0 Å². The summed E-state index contributed by atoms with van der Waals surface area (Å²) in [6, 6.07) is 0. The Balaban J connectivity index is 1.47. The second-order valence-electron chi connectivity index (χ2n) is 13.8. The van der Waals surface area contributed by atoms with E-state index in [1.807, 2.05) is 0 Å². The summed E-state index contributed by atoms with van der Waals surface area (Å²) in [4.78, 5) is 25.1. The number of carbonyl (C=O) groups is 2. The maximum Gasteiger partial charge on any atom is 0.302 e. The quantitative estimate of drug-likeness (QED) is 0.354. The van der Waals surface area contributed by atoms with E-state index in [-0.39, 0.29) is 23.4 Å². The van der Waals surface area contributed by atoms with Crippen molar-refractivity contribution in [3.05, 3.63) is 0 Å². The van der Waals surface area contributed by atoms with E-state index in [4.69, 9.17) is 4.74 Å². The van der Waals surface area contributed by atoms with Crippen LogP contribution in [0.25, 0.3) is 0 Å². The molecule has 0 amide bonds. The highest BCUT2D eigenvalue weighted by molar-refractivity contribution is 5.83. The topological polar surface area (TPSA) is 43.4 Å². The molecule has 4 rings (SSSR count). The summed E-state index contributed by atoms with van der Waals surface area (Å²) >= 11 is 0. The van der Waals surface area contributed by atoms with Gasteiger partial charge in [-0.15, -0.1) is 0 Å². The molecule has 0 N–H and O–H groups in total. The van der Waals surface area contributed by atoms with Crippen LogP contribution in [0.3, 0.4) is 0 Å². The van der Waals surface area contributed by atoms with Crippen LogP contribution < -0.4 is 0 Å². The molecule has 194 valence electrons. The van der Waals surface area contributed by atoms with Gasteiger partial charge in [0.2, 0.25) is 0 Å². The molecule has 0 unspecified atom stereocenters. The van der Waals surface area contributed by atoms with Gasteiger partial charge in [0.1, 0.15) is 11.9 Å². The molecule has 0 bridgehead atoms. The lowest BCUT2D eigenvalue weighted by Crippen LogP contribution is -2.57. The van der Waals surface area contributed by atoms with Crippen molar-refractivity contribution in [2.75, 3.05) is 0 Å². The van der Waals surface area contributed by atoms with E-state index in [2.05, 4.69) is 41.5 Å². The molecule has 3 nitrogen and oxygen atoms in total. The van der Waals surface area contributed by atoms with Crippen molar-refractivity contribution in [2.45, 2.75) is 125 Å². The minimum absolute atomic E-state index is 0.0561. The number of ketones is 1. The van der Waals surface area contributed by atoms with E-state index in [1.54, 1.807) is 0 Å². The Labute approximate surface area is 209 Å². The lowest BCUT2D eigenvalue weighted by Gasteiger charge is -2.60. The summed E-state index contributed by atoms with van der Waals surface area (Å²) in [5, 5.41) is 0. The van der Waals surface area contributed by atoms with Crippen molar-refractivity contribution in [3.63, 3.8) is 0 Å². The van der Waals surface area contributed by atoms with Gasteiger partial charge in [-0.3, -0.25) is 9.59 Å².